The predicted molar refractivity (Wildman–Crippen MR) is 119 cm³/mol. The van der Waals surface area contributed by atoms with Gasteiger partial charge < -0.3 is 16.4 Å². The van der Waals surface area contributed by atoms with Crippen molar-refractivity contribution in [1.82, 2.24) is 15.6 Å². The summed E-state index contributed by atoms with van der Waals surface area (Å²) in [4.78, 5) is 28.3. The second-order valence-electron chi connectivity index (χ2n) is 7.38. The molecule has 0 unspecified atom stereocenters. The third-order valence-corrected chi connectivity index (χ3v) is 4.94. The zero-order valence-electron chi connectivity index (χ0n) is 17.0. The van der Waals surface area contributed by atoms with Crippen LogP contribution >= 0.6 is 0 Å². The Morgan fingerprint density at radius 2 is 1.73 bits per heavy atom. The number of amides is 2. The largest absolute Gasteiger partial charge is 0.368 e. The fourth-order valence-electron chi connectivity index (χ4n) is 3.32. The van der Waals surface area contributed by atoms with Crippen molar-refractivity contribution in [1.29, 1.82) is 0 Å². The Bertz CT molecular complexity index is 975. The molecule has 30 heavy (non-hydrogen) atoms. The molecule has 0 aliphatic rings. The number of nitrogens with two attached hydrogens (primary N) is 1. The number of para-hydroxylation sites is 1. The second-order valence-corrected chi connectivity index (χ2v) is 7.38. The Kier molecular flexibility index (Phi) is 7.92. The number of pyridine rings is 1. The second kappa shape index (κ2) is 11.1. The van der Waals surface area contributed by atoms with Gasteiger partial charge in [0.05, 0.1) is 5.52 Å². The van der Waals surface area contributed by atoms with Crippen molar-refractivity contribution < 1.29 is 9.59 Å². The fraction of sp³-hybridized carbons (Fsp3) is 0.292. The predicted octanol–water partition coefficient (Wildman–Crippen LogP) is 2.71. The highest BCUT2D eigenvalue weighted by atomic mass is 16.2. The molecule has 1 heterocycles. The van der Waals surface area contributed by atoms with Crippen LogP contribution in [0.15, 0.2) is 66.9 Å². The van der Waals surface area contributed by atoms with E-state index in [4.69, 9.17) is 5.73 Å². The van der Waals surface area contributed by atoms with Gasteiger partial charge in [-0.1, -0.05) is 48.5 Å². The molecule has 0 spiro atoms. The summed E-state index contributed by atoms with van der Waals surface area (Å²) in [7, 11) is 0. The van der Waals surface area contributed by atoms with E-state index in [2.05, 4.69) is 27.8 Å². The van der Waals surface area contributed by atoms with Gasteiger partial charge in [-0.15, -0.1) is 0 Å². The van der Waals surface area contributed by atoms with Crippen LogP contribution in [-0.2, 0) is 22.6 Å². The van der Waals surface area contributed by atoms with Crippen LogP contribution in [0.5, 0.6) is 0 Å². The van der Waals surface area contributed by atoms with Crippen molar-refractivity contribution >= 4 is 22.7 Å². The maximum Gasteiger partial charge on any atom is 0.240 e. The van der Waals surface area contributed by atoms with Crippen LogP contribution in [0.4, 0.5) is 0 Å². The van der Waals surface area contributed by atoms with Crippen LogP contribution < -0.4 is 16.4 Å². The van der Waals surface area contributed by atoms with E-state index in [0.717, 1.165) is 48.0 Å². The Morgan fingerprint density at radius 1 is 0.967 bits per heavy atom. The van der Waals surface area contributed by atoms with Crippen molar-refractivity contribution in [3.05, 3.63) is 78.0 Å². The summed E-state index contributed by atoms with van der Waals surface area (Å²) in [6.45, 7) is 1.55. The van der Waals surface area contributed by atoms with Crippen molar-refractivity contribution in [3.8, 4) is 0 Å². The zero-order chi connectivity index (χ0) is 21.2. The molecular formula is C24H28N4O2. The van der Waals surface area contributed by atoms with Crippen LogP contribution in [0.2, 0.25) is 0 Å². The van der Waals surface area contributed by atoms with E-state index in [1.807, 2.05) is 54.7 Å². The molecule has 2 aromatic carbocycles. The monoisotopic (exact) mass is 404 g/mol. The van der Waals surface area contributed by atoms with Crippen LogP contribution in [0.25, 0.3) is 10.9 Å². The highest BCUT2D eigenvalue weighted by molar-refractivity contribution is 5.86. The number of unbranched alkanes of at least 4 members (excludes halogenated alkanes) is 1. The third-order valence-electron chi connectivity index (χ3n) is 4.94. The molecule has 3 aromatic rings. The number of benzene rings is 2. The normalized spacial score (nSPS) is 11.9. The summed E-state index contributed by atoms with van der Waals surface area (Å²) in [5, 5.41) is 7.27. The standard InChI is InChI=1S/C24H28N4O2/c25-24(30)22(15-18-8-2-1-3-9-18)28-23(29)12-6-7-13-26-16-19-14-20-10-4-5-11-21(20)27-17-19/h1-5,8-11,14,17,22,26H,6-7,12-13,15-16H2,(H2,25,30)(H,28,29)/t22-/m0/s1. The number of nitrogens with zero attached hydrogens (tertiary/aromatic N) is 1. The fourth-order valence-corrected chi connectivity index (χ4v) is 3.32. The van der Waals surface area contributed by atoms with Gasteiger partial charge in [0.1, 0.15) is 6.04 Å². The first-order valence-electron chi connectivity index (χ1n) is 10.3. The molecule has 1 aromatic heterocycles. The summed E-state index contributed by atoms with van der Waals surface area (Å²) in [5.74, 6) is -0.661. The molecule has 3 rings (SSSR count). The van der Waals surface area contributed by atoms with Gasteiger partial charge >= 0.3 is 0 Å². The van der Waals surface area contributed by atoms with E-state index < -0.39 is 11.9 Å². The minimum atomic E-state index is -0.682. The van der Waals surface area contributed by atoms with Crippen molar-refractivity contribution in [2.45, 2.75) is 38.3 Å². The third kappa shape index (κ3) is 6.67. The Labute approximate surface area is 176 Å². The van der Waals surface area contributed by atoms with Crippen LogP contribution in [0.3, 0.4) is 0 Å². The molecular weight excluding hydrogens is 376 g/mol. The van der Waals surface area contributed by atoms with E-state index in [1.54, 1.807) is 0 Å². The minimum absolute atomic E-state index is 0.145. The lowest BCUT2D eigenvalue weighted by atomic mass is 10.1. The Balaban J connectivity index is 1.34. The molecule has 156 valence electrons. The van der Waals surface area contributed by atoms with Crippen LogP contribution in [0, 0.1) is 0 Å². The van der Waals surface area contributed by atoms with E-state index in [0.29, 0.717) is 12.8 Å². The van der Waals surface area contributed by atoms with E-state index in [-0.39, 0.29) is 5.91 Å². The molecule has 6 heteroatoms. The highest BCUT2D eigenvalue weighted by Gasteiger charge is 2.18. The first-order valence-corrected chi connectivity index (χ1v) is 10.3. The molecule has 0 aliphatic carbocycles. The summed E-state index contributed by atoms with van der Waals surface area (Å²) in [6, 6.07) is 19.0. The molecule has 0 aliphatic heterocycles. The molecule has 4 N–H and O–H groups in total. The number of fused-ring (bicyclic) bond motifs is 1. The summed E-state index contributed by atoms with van der Waals surface area (Å²) >= 11 is 0. The Hall–Kier alpha value is -3.25. The number of hydrogen-bond acceptors (Lipinski definition) is 4. The van der Waals surface area contributed by atoms with Gasteiger partial charge in [-0.05, 0) is 42.6 Å². The lowest BCUT2D eigenvalue weighted by Crippen LogP contribution is -2.45. The molecule has 2 amide bonds. The van der Waals surface area contributed by atoms with Crippen molar-refractivity contribution in [2.75, 3.05) is 6.54 Å². The number of rotatable bonds is 11. The van der Waals surface area contributed by atoms with E-state index >= 15 is 0 Å². The number of aromatic nitrogens is 1. The molecule has 6 nitrogen and oxygen atoms in total. The van der Waals surface area contributed by atoms with E-state index in [1.165, 1.54) is 0 Å². The summed E-state index contributed by atoms with van der Waals surface area (Å²) < 4.78 is 0. The van der Waals surface area contributed by atoms with Gasteiger partial charge in [0.25, 0.3) is 0 Å². The lowest BCUT2D eigenvalue weighted by molar-refractivity contribution is -0.127. The topological polar surface area (TPSA) is 97.1 Å². The van der Waals surface area contributed by atoms with Gasteiger partial charge in [0.2, 0.25) is 11.8 Å². The van der Waals surface area contributed by atoms with Crippen molar-refractivity contribution in [2.24, 2.45) is 5.73 Å². The smallest absolute Gasteiger partial charge is 0.240 e. The first-order chi connectivity index (χ1) is 14.6. The van der Waals surface area contributed by atoms with Gasteiger partial charge in [-0.3, -0.25) is 14.6 Å². The molecule has 1 atom stereocenters. The zero-order valence-corrected chi connectivity index (χ0v) is 17.0. The average molecular weight is 405 g/mol. The molecule has 0 bridgehead atoms. The lowest BCUT2D eigenvalue weighted by Gasteiger charge is -2.15. The minimum Gasteiger partial charge on any atom is -0.368 e. The van der Waals surface area contributed by atoms with Gasteiger partial charge in [0.15, 0.2) is 0 Å². The number of carbonyl (C=O) groups is 2. The quantitative estimate of drug-likeness (QED) is 0.428. The number of nitrogens with one attached hydrogen (secondary N) is 2. The van der Waals surface area contributed by atoms with Crippen LogP contribution in [-0.4, -0.2) is 29.4 Å². The highest BCUT2D eigenvalue weighted by Crippen LogP contribution is 2.12. The molecule has 0 fully saturated rings. The number of primary amides is 1. The molecule has 0 saturated carbocycles. The average Bonchev–Trinajstić information content (AvgIpc) is 2.76. The SMILES string of the molecule is NC(=O)[C@H](Cc1ccccc1)NC(=O)CCCCNCc1cnc2ccccc2c1. The van der Waals surface area contributed by atoms with Gasteiger partial charge in [-0.25, -0.2) is 0 Å². The summed E-state index contributed by atoms with van der Waals surface area (Å²) in [5.41, 5.74) is 8.55. The number of carbonyl (C=O) groups excluding carboxylic acids is 2. The molecule has 0 radical (unpaired) electrons. The van der Waals surface area contributed by atoms with Crippen LogP contribution in [0.1, 0.15) is 30.4 Å². The molecule has 0 saturated heterocycles. The van der Waals surface area contributed by atoms with Gasteiger partial charge in [-0.2, -0.15) is 0 Å². The first kappa shape index (κ1) is 21.5. The van der Waals surface area contributed by atoms with E-state index in [9.17, 15) is 9.59 Å². The number of hydrogen-bond donors (Lipinski definition) is 3. The maximum absolute atomic E-state index is 12.2. The Morgan fingerprint density at radius 3 is 2.53 bits per heavy atom. The maximum atomic E-state index is 12.2. The summed E-state index contributed by atoms with van der Waals surface area (Å²) in [6.07, 6.45) is 4.28. The van der Waals surface area contributed by atoms with Gasteiger partial charge in [0, 0.05) is 31.0 Å². The van der Waals surface area contributed by atoms with Crippen molar-refractivity contribution in [3.63, 3.8) is 0 Å².